The van der Waals surface area contributed by atoms with E-state index in [1.165, 1.54) is 6.20 Å². The number of hydrogen-bond donors (Lipinski definition) is 1. The van der Waals surface area contributed by atoms with Crippen molar-refractivity contribution in [2.75, 3.05) is 0 Å². The number of furan rings is 1. The molecular weight excluding hydrogens is 226 g/mol. The molecule has 0 aromatic carbocycles. The summed E-state index contributed by atoms with van der Waals surface area (Å²) in [5.74, 6) is 1.32. The second kappa shape index (κ2) is 4.44. The molecule has 1 N–H and O–H groups in total. The van der Waals surface area contributed by atoms with E-state index in [9.17, 15) is 4.79 Å². The first-order valence-electron chi connectivity index (χ1n) is 4.81. The molecule has 2 aromatic heterocycles. The molecule has 0 aliphatic carbocycles. The van der Waals surface area contributed by atoms with E-state index in [1.54, 1.807) is 0 Å². The zero-order valence-corrected chi connectivity index (χ0v) is 9.75. The summed E-state index contributed by atoms with van der Waals surface area (Å²) in [5, 5.41) is 2.78. The van der Waals surface area contributed by atoms with Crippen LogP contribution >= 0.6 is 11.7 Å². The molecular formula is C10H11N3O2S. The van der Waals surface area contributed by atoms with Crippen LogP contribution in [0.4, 0.5) is 0 Å². The Morgan fingerprint density at radius 1 is 1.56 bits per heavy atom. The van der Waals surface area contributed by atoms with Gasteiger partial charge in [-0.1, -0.05) is 0 Å². The number of aromatic nitrogens is 2. The van der Waals surface area contributed by atoms with Crippen molar-refractivity contribution in [1.82, 2.24) is 14.1 Å². The molecule has 0 saturated heterocycles. The van der Waals surface area contributed by atoms with E-state index in [2.05, 4.69) is 14.1 Å². The largest absolute Gasteiger partial charge is 0.464 e. The van der Waals surface area contributed by atoms with E-state index < -0.39 is 0 Å². The number of amides is 1. The van der Waals surface area contributed by atoms with Gasteiger partial charge in [0.25, 0.3) is 5.91 Å². The summed E-state index contributed by atoms with van der Waals surface area (Å²) in [4.78, 5) is 11.6. The molecule has 2 heterocycles. The van der Waals surface area contributed by atoms with Gasteiger partial charge in [0, 0.05) is 0 Å². The fourth-order valence-electron chi connectivity index (χ4n) is 1.29. The van der Waals surface area contributed by atoms with Crippen LogP contribution in [0.2, 0.25) is 0 Å². The molecule has 2 rings (SSSR count). The number of carbonyl (C=O) groups excluding carboxylic acids is 1. The van der Waals surface area contributed by atoms with Gasteiger partial charge in [-0.25, -0.2) is 0 Å². The van der Waals surface area contributed by atoms with Crippen molar-refractivity contribution in [3.8, 4) is 0 Å². The Balaban J connectivity index is 2.03. The predicted molar refractivity (Wildman–Crippen MR) is 59.2 cm³/mol. The minimum atomic E-state index is -0.240. The summed E-state index contributed by atoms with van der Waals surface area (Å²) in [7, 11) is 0. The number of carbonyl (C=O) groups is 1. The molecule has 1 unspecified atom stereocenters. The number of aryl methyl sites for hydroxylation is 1. The Bertz CT molecular complexity index is 478. The Labute approximate surface area is 96.8 Å². The molecule has 1 amide bonds. The summed E-state index contributed by atoms with van der Waals surface area (Å²) in [5.41, 5.74) is 0.333. The van der Waals surface area contributed by atoms with E-state index in [0.717, 1.165) is 23.2 Å². The normalized spacial score (nSPS) is 12.4. The molecule has 5 nitrogen and oxygen atoms in total. The molecule has 0 bridgehead atoms. The van der Waals surface area contributed by atoms with Crippen molar-refractivity contribution >= 4 is 17.6 Å². The molecule has 16 heavy (non-hydrogen) atoms. The van der Waals surface area contributed by atoms with Crippen LogP contribution in [0.15, 0.2) is 22.7 Å². The molecule has 0 fully saturated rings. The van der Waals surface area contributed by atoms with Crippen molar-refractivity contribution in [3.05, 3.63) is 35.5 Å². The molecule has 1 atom stereocenters. The standard InChI is InChI=1S/C10H11N3O2S/c1-6-3-4-9(15-6)7(2)12-10(14)8-5-11-16-13-8/h3-5,7H,1-2H3,(H,12,14). The number of nitrogens with one attached hydrogen (secondary N) is 1. The van der Waals surface area contributed by atoms with E-state index in [-0.39, 0.29) is 11.9 Å². The molecule has 0 radical (unpaired) electrons. The lowest BCUT2D eigenvalue weighted by molar-refractivity contribution is 0.0931. The third-order valence-electron chi connectivity index (χ3n) is 2.13. The van der Waals surface area contributed by atoms with Crippen LogP contribution in [0.5, 0.6) is 0 Å². The monoisotopic (exact) mass is 237 g/mol. The van der Waals surface area contributed by atoms with Crippen molar-refractivity contribution in [2.24, 2.45) is 0 Å². The SMILES string of the molecule is Cc1ccc(C(C)NC(=O)c2cnsn2)o1. The van der Waals surface area contributed by atoms with Crippen molar-refractivity contribution in [2.45, 2.75) is 19.9 Å². The third-order valence-corrected chi connectivity index (χ3v) is 2.61. The molecule has 0 saturated carbocycles. The van der Waals surface area contributed by atoms with Gasteiger partial charge in [0.2, 0.25) is 0 Å². The highest BCUT2D eigenvalue weighted by atomic mass is 32.1. The van der Waals surface area contributed by atoms with Crippen molar-refractivity contribution in [3.63, 3.8) is 0 Å². The summed E-state index contributed by atoms with van der Waals surface area (Å²) < 4.78 is 13.0. The summed E-state index contributed by atoms with van der Waals surface area (Å²) in [6.07, 6.45) is 1.44. The number of hydrogen-bond acceptors (Lipinski definition) is 5. The lowest BCUT2D eigenvalue weighted by atomic mass is 10.2. The highest BCUT2D eigenvalue weighted by molar-refractivity contribution is 6.99. The van der Waals surface area contributed by atoms with Gasteiger partial charge in [-0.05, 0) is 26.0 Å². The van der Waals surface area contributed by atoms with Gasteiger partial charge in [-0.3, -0.25) is 4.79 Å². The maximum absolute atomic E-state index is 11.6. The van der Waals surface area contributed by atoms with E-state index in [4.69, 9.17) is 4.42 Å². The van der Waals surface area contributed by atoms with E-state index >= 15 is 0 Å². The zero-order valence-electron chi connectivity index (χ0n) is 8.93. The van der Waals surface area contributed by atoms with Gasteiger partial charge in [0.1, 0.15) is 11.5 Å². The summed E-state index contributed by atoms with van der Waals surface area (Å²) >= 11 is 1.01. The van der Waals surface area contributed by atoms with Gasteiger partial charge in [-0.15, -0.1) is 0 Å². The Morgan fingerprint density at radius 3 is 2.94 bits per heavy atom. The van der Waals surface area contributed by atoms with Gasteiger partial charge in [-0.2, -0.15) is 8.75 Å². The van der Waals surface area contributed by atoms with Crippen LogP contribution in [-0.2, 0) is 0 Å². The van der Waals surface area contributed by atoms with Gasteiger partial charge >= 0.3 is 0 Å². The first kappa shape index (κ1) is 10.8. The van der Waals surface area contributed by atoms with Crippen LogP contribution in [0.1, 0.15) is 35.0 Å². The van der Waals surface area contributed by atoms with E-state index in [1.807, 2.05) is 26.0 Å². The smallest absolute Gasteiger partial charge is 0.273 e. The topological polar surface area (TPSA) is 68.0 Å². The molecule has 84 valence electrons. The maximum Gasteiger partial charge on any atom is 0.273 e. The highest BCUT2D eigenvalue weighted by Crippen LogP contribution is 2.15. The summed E-state index contributed by atoms with van der Waals surface area (Å²) in [6.45, 7) is 3.72. The van der Waals surface area contributed by atoms with Gasteiger partial charge < -0.3 is 9.73 Å². The second-order valence-corrected chi connectivity index (χ2v) is 3.99. The molecule has 0 aliphatic rings. The second-order valence-electron chi connectivity index (χ2n) is 3.44. The van der Waals surface area contributed by atoms with Gasteiger partial charge in [0.15, 0.2) is 5.69 Å². The predicted octanol–water partition coefficient (Wildman–Crippen LogP) is 1.93. The first-order chi connectivity index (χ1) is 7.66. The number of rotatable bonds is 3. The number of nitrogens with zero attached hydrogens (tertiary/aromatic N) is 2. The quantitative estimate of drug-likeness (QED) is 0.885. The molecule has 0 aliphatic heterocycles. The van der Waals surface area contributed by atoms with Gasteiger partial charge in [0.05, 0.1) is 24.0 Å². The minimum absolute atomic E-state index is 0.178. The average molecular weight is 237 g/mol. The van der Waals surface area contributed by atoms with E-state index in [0.29, 0.717) is 5.69 Å². The van der Waals surface area contributed by atoms with Crippen LogP contribution in [0, 0.1) is 6.92 Å². The van der Waals surface area contributed by atoms with Crippen LogP contribution < -0.4 is 5.32 Å². The van der Waals surface area contributed by atoms with Crippen LogP contribution in [0.3, 0.4) is 0 Å². The molecule has 2 aromatic rings. The fraction of sp³-hybridized carbons (Fsp3) is 0.300. The van der Waals surface area contributed by atoms with Crippen molar-refractivity contribution in [1.29, 1.82) is 0 Å². The lowest BCUT2D eigenvalue weighted by Crippen LogP contribution is -2.26. The van der Waals surface area contributed by atoms with Crippen LogP contribution in [-0.4, -0.2) is 14.7 Å². The fourth-order valence-corrected chi connectivity index (χ4v) is 1.70. The third kappa shape index (κ3) is 2.27. The highest BCUT2D eigenvalue weighted by Gasteiger charge is 2.15. The van der Waals surface area contributed by atoms with Crippen molar-refractivity contribution < 1.29 is 9.21 Å². The maximum atomic E-state index is 11.6. The molecule has 6 heteroatoms. The zero-order chi connectivity index (χ0) is 11.5. The minimum Gasteiger partial charge on any atom is -0.464 e. The summed E-state index contributed by atoms with van der Waals surface area (Å²) in [6, 6.07) is 3.53. The Kier molecular flexibility index (Phi) is 3.00. The average Bonchev–Trinajstić information content (AvgIpc) is 2.87. The first-order valence-corrected chi connectivity index (χ1v) is 5.54. The Hall–Kier alpha value is -1.69. The Morgan fingerprint density at radius 2 is 2.38 bits per heavy atom. The van der Waals surface area contributed by atoms with Crippen LogP contribution in [0.25, 0.3) is 0 Å². The molecule has 0 spiro atoms. The lowest BCUT2D eigenvalue weighted by Gasteiger charge is -2.09.